The van der Waals surface area contributed by atoms with Crippen molar-refractivity contribution in [3.8, 4) is 11.3 Å². The van der Waals surface area contributed by atoms with E-state index in [1.165, 1.54) is 16.8 Å². The molecule has 88 valence electrons. The summed E-state index contributed by atoms with van der Waals surface area (Å²) in [6.45, 7) is -5.42. The van der Waals surface area contributed by atoms with Crippen LogP contribution in [-0.2, 0) is 13.0 Å². The van der Waals surface area contributed by atoms with Gasteiger partial charge in [0.1, 0.15) is 5.82 Å². The van der Waals surface area contributed by atoms with Gasteiger partial charge in [0, 0.05) is 26.0 Å². The first kappa shape index (κ1) is 5.80. The lowest BCUT2D eigenvalue weighted by Gasteiger charge is -2.14. The molecule has 1 aromatic heterocycles. The van der Waals surface area contributed by atoms with Gasteiger partial charge >= 0.3 is 0 Å². The SMILES string of the molecule is [2H]C([2H])([2H])C1(C([2H])([2H])[2H])Cc2cc(-c3ccc(F)cc3)nn2C1. The van der Waals surface area contributed by atoms with Gasteiger partial charge in [0.2, 0.25) is 0 Å². The monoisotopic (exact) mass is 236 g/mol. The van der Waals surface area contributed by atoms with Crippen LogP contribution in [0, 0.1) is 11.2 Å². The summed E-state index contributed by atoms with van der Waals surface area (Å²) >= 11 is 0. The number of hydrogen-bond donors (Lipinski definition) is 0. The van der Waals surface area contributed by atoms with Crippen LogP contribution in [0.2, 0.25) is 0 Å². The van der Waals surface area contributed by atoms with Crippen molar-refractivity contribution >= 4 is 0 Å². The summed E-state index contributed by atoms with van der Waals surface area (Å²) in [4.78, 5) is 0. The quantitative estimate of drug-likeness (QED) is 0.743. The smallest absolute Gasteiger partial charge is 0.123 e. The van der Waals surface area contributed by atoms with Crippen molar-refractivity contribution in [1.29, 1.82) is 0 Å². The Morgan fingerprint density at radius 1 is 1.35 bits per heavy atom. The molecule has 0 unspecified atom stereocenters. The van der Waals surface area contributed by atoms with E-state index in [-0.39, 0.29) is 18.8 Å². The fourth-order valence-corrected chi connectivity index (χ4v) is 2.12. The highest BCUT2D eigenvalue weighted by molar-refractivity contribution is 5.59. The van der Waals surface area contributed by atoms with Gasteiger partial charge in [-0.2, -0.15) is 5.10 Å². The molecule has 17 heavy (non-hydrogen) atoms. The zero-order chi connectivity index (χ0) is 17.0. The van der Waals surface area contributed by atoms with Gasteiger partial charge in [-0.3, -0.25) is 4.68 Å². The van der Waals surface area contributed by atoms with Crippen LogP contribution in [0.3, 0.4) is 0 Å². The third-order valence-electron chi connectivity index (χ3n) is 2.91. The van der Waals surface area contributed by atoms with Crippen LogP contribution < -0.4 is 0 Å². The minimum atomic E-state index is -2.62. The summed E-state index contributed by atoms with van der Waals surface area (Å²) in [5.74, 6) is -0.357. The number of rotatable bonds is 1. The number of benzene rings is 1. The van der Waals surface area contributed by atoms with Gasteiger partial charge in [0.15, 0.2) is 0 Å². The van der Waals surface area contributed by atoms with E-state index >= 15 is 0 Å². The van der Waals surface area contributed by atoms with Crippen LogP contribution in [0.15, 0.2) is 30.3 Å². The summed E-state index contributed by atoms with van der Waals surface area (Å²) in [7, 11) is 0. The van der Waals surface area contributed by atoms with Crippen molar-refractivity contribution < 1.29 is 12.6 Å². The molecule has 1 aromatic carbocycles. The Labute approximate surface area is 109 Å². The summed E-state index contributed by atoms with van der Waals surface area (Å²) in [5.41, 5.74) is 0.0202. The second kappa shape index (κ2) is 3.42. The molecule has 0 aliphatic carbocycles. The van der Waals surface area contributed by atoms with E-state index in [0.717, 1.165) is 0 Å². The van der Waals surface area contributed by atoms with E-state index in [9.17, 15) is 4.39 Å². The molecule has 0 fully saturated rings. The maximum Gasteiger partial charge on any atom is 0.123 e. The molecule has 2 nitrogen and oxygen atoms in total. The lowest BCUT2D eigenvalue weighted by atomic mass is 9.91. The van der Waals surface area contributed by atoms with E-state index in [1.54, 1.807) is 18.2 Å². The van der Waals surface area contributed by atoms with Crippen LogP contribution in [0.25, 0.3) is 11.3 Å². The molecule has 2 heterocycles. The predicted octanol–water partition coefficient (Wildman–Crippen LogP) is 3.27. The van der Waals surface area contributed by atoms with Crippen LogP contribution in [0.5, 0.6) is 0 Å². The van der Waals surface area contributed by atoms with Gasteiger partial charge in [0.25, 0.3) is 0 Å². The maximum atomic E-state index is 13.0. The number of nitrogens with zero attached hydrogens (tertiary/aromatic N) is 2. The first-order valence-electron chi connectivity index (χ1n) is 8.36. The normalized spacial score (nSPS) is 23.8. The fraction of sp³-hybridized carbons (Fsp3) is 0.357. The summed E-state index contributed by atoms with van der Waals surface area (Å²) < 4.78 is 60.5. The molecule has 0 radical (unpaired) electrons. The molecule has 1 aliphatic rings. The summed E-state index contributed by atoms with van der Waals surface area (Å²) in [6.07, 6.45) is -0.0891. The van der Waals surface area contributed by atoms with Gasteiger partial charge < -0.3 is 0 Å². The Kier molecular flexibility index (Phi) is 1.17. The Balaban J connectivity index is 1.97. The highest BCUT2D eigenvalue weighted by Crippen LogP contribution is 2.33. The van der Waals surface area contributed by atoms with Crippen molar-refractivity contribution in [1.82, 2.24) is 9.78 Å². The van der Waals surface area contributed by atoms with Crippen molar-refractivity contribution in [3.63, 3.8) is 0 Å². The molecular formula is C14H15FN2. The zero-order valence-corrected chi connectivity index (χ0v) is 9.07. The Hall–Kier alpha value is -1.64. The highest BCUT2D eigenvalue weighted by atomic mass is 19.1. The van der Waals surface area contributed by atoms with E-state index in [0.29, 0.717) is 17.0 Å². The van der Waals surface area contributed by atoms with E-state index in [4.69, 9.17) is 8.22 Å². The molecule has 0 N–H and O–H groups in total. The first-order chi connectivity index (χ1) is 10.5. The van der Waals surface area contributed by atoms with E-state index in [1.807, 2.05) is 0 Å². The molecule has 0 atom stereocenters. The standard InChI is InChI=1S/C14H15FN2/c1-14(2)8-12-7-13(16-17(12)9-14)10-3-5-11(15)6-4-10/h3-7H,8-9H2,1-2H3/i1D3,2D3. The second-order valence-corrected chi connectivity index (χ2v) is 4.44. The molecule has 3 rings (SSSR count). The molecule has 0 saturated carbocycles. The van der Waals surface area contributed by atoms with Crippen LogP contribution in [-0.4, -0.2) is 9.78 Å². The maximum absolute atomic E-state index is 13.0. The van der Waals surface area contributed by atoms with E-state index < -0.39 is 19.1 Å². The van der Waals surface area contributed by atoms with Gasteiger partial charge in [-0.15, -0.1) is 0 Å². The van der Waals surface area contributed by atoms with Crippen LogP contribution in [0.4, 0.5) is 4.39 Å². The van der Waals surface area contributed by atoms with Gasteiger partial charge in [-0.05, 0) is 42.2 Å². The third-order valence-corrected chi connectivity index (χ3v) is 2.91. The van der Waals surface area contributed by atoms with Crippen molar-refractivity contribution in [2.45, 2.75) is 26.7 Å². The van der Waals surface area contributed by atoms with Crippen molar-refractivity contribution in [3.05, 3.63) is 41.8 Å². The van der Waals surface area contributed by atoms with Gasteiger partial charge in [-0.25, -0.2) is 4.39 Å². The Morgan fingerprint density at radius 3 is 2.76 bits per heavy atom. The average molecular weight is 236 g/mol. The summed E-state index contributed by atoms with van der Waals surface area (Å²) in [5, 5.41) is 4.31. The number of fused-ring (bicyclic) bond motifs is 1. The summed E-state index contributed by atoms with van der Waals surface area (Å²) in [6, 6.07) is 7.46. The largest absolute Gasteiger partial charge is 0.268 e. The predicted molar refractivity (Wildman–Crippen MR) is 65.1 cm³/mol. The van der Waals surface area contributed by atoms with Crippen molar-refractivity contribution in [2.24, 2.45) is 5.41 Å². The lowest BCUT2D eigenvalue weighted by Crippen LogP contribution is -2.13. The average Bonchev–Trinajstić information content (AvgIpc) is 2.94. The molecular weight excluding hydrogens is 215 g/mol. The molecule has 2 aromatic rings. The first-order valence-corrected chi connectivity index (χ1v) is 5.36. The zero-order valence-electron chi connectivity index (χ0n) is 15.1. The third kappa shape index (κ3) is 1.86. The second-order valence-electron chi connectivity index (χ2n) is 4.44. The number of hydrogen-bond acceptors (Lipinski definition) is 1. The number of aromatic nitrogens is 2. The van der Waals surface area contributed by atoms with E-state index in [2.05, 4.69) is 5.10 Å². The molecule has 3 heteroatoms. The number of halogens is 1. The minimum absolute atomic E-state index is 0.0891. The van der Waals surface area contributed by atoms with Crippen LogP contribution >= 0.6 is 0 Å². The molecule has 0 saturated heterocycles. The topological polar surface area (TPSA) is 17.8 Å². The lowest BCUT2D eigenvalue weighted by molar-refractivity contribution is 0.347. The minimum Gasteiger partial charge on any atom is -0.268 e. The molecule has 1 aliphatic heterocycles. The Morgan fingerprint density at radius 2 is 2.12 bits per heavy atom. The fourth-order valence-electron chi connectivity index (χ4n) is 2.12. The van der Waals surface area contributed by atoms with Gasteiger partial charge in [-0.1, -0.05) is 13.7 Å². The highest BCUT2D eigenvalue weighted by Gasteiger charge is 2.29. The Bertz CT molecular complexity index is 690. The molecule has 0 bridgehead atoms. The van der Waals surface area contributed by atoms with Crippen molar-refractivity contribution in [2.75, 3.05) is 0 Å². The molecule has 0 amide bonds. The van der Waals surface area contributed by atoms with Gasteiger partial charge in [0.05, 0.1) is 5.69 Å². The molecule has 0 spiro atoms. The van der Waals surface area contributed by atoms with Crippen LogP contribution in [0.1, 0.15) is 27.6 Å².